The quantitative estimate of drug-likeness (QED) is 0.628. The molecule has 4 rings (SSSR count). The number of ketones is 2. The van der Waals surface area contributed by atoms with Gasteiger partial charge in [-0.1, -0.05) is 36.4 Å². The number of allylic oxidation sites excluding steroid dienone is 3. The maximum absolute atomic E-state index is 13.4. The Bertz CT molecular complexity index is 1110. The molecule has 2 aromatic carbocycles. The Hall–Kier alpha value is -3.74. The summed E-state index contributed by atoms with van der Waals surface area (Å²) < 4.78 is 5.85. The normalized spacial score (nSPS) is 18.2. The summed E-state index contributed by atoms with van der Waals surface area (Å²) >= 11 is 0. The number of nitrogens with zero attached hydrogens (tertiary/aromatic N) is 1. The summed E-state index contributed by atoms with van der Waals surface area (Å²) in [6.07, 6.45) is 0. The molecule has 1 N–H and O–H groups in total. The van der Waals surface area contributed by atoms with E-state index in [0.717, 1.165) is 0 Å². The van der Waals surface area contributed by atoms with E-state index in [1.807, 2.05) is 6.92 Å². The van der Waals surface area contributed by atoms with Crippen molar-refractivity contribution in [2.24, 2.45) is 0 Å². The molecule has 0 saturated carbocycles. The van der Waals surface area contributed by atoms with E-state index in [1.165, 1.54) is 12.1 Å². The molecular formula is C22H18N2O5. The van der Waals surface area contributed by atoms with Gasteiger partial charge in [-0.15, -0.1) is 0 Å². The molecule has 7 nitrogen and oxygen atoms in total. The molecule has 1 atom stereocenters. The Morgan fingerprint density at radius 3 is 2.24 bits per heavy atom. The average molecular weight is 390 g/mol. The maximum Gasteiger partial charge on any atom is 0.269 e. The average Bonchev–Trinajstić information content (AvgIpc) is 2.73. The molecule has 0 spiro atoms. The molecule has 0 bridgehead atoms. The zero-order chi connectivity index (χ0) is 20.7. The highest BCUT2D eigenvalue weighted by Gasteiger charge is 2.42. The molecule has 1 heterocycles. The number of hydrogen-bond acceptors (Lipinski definition) is 6. The van der Waals surface area contributed by atoms with E-state index in [0.29, 0.717) is 40.3 Å². The van der Waals surface area contributed by atoms with Crippen molar-refractivity contribution >= 4 is 17.3 Å². The van der Waals surface area contributed by atoms with Crippen LogP contribution < -0.4 is 5.32 Å². The number of Topliss-reactive ketones (excluding diaryl/α,β-unsaturated/α-hetero) is 2. The van der Waals surface area contributed by atoms with Crippen molar-refractivity contribution < 1.29 is 19.2 Å². The van der Waals surface area contributed by atoms with Crippen molar-refractivity contribution in [2.75, 3.05) is 6.61 Å². The molecular weight excluding hydrogens is 372 g/mol. The lowest BCUT2D eigenvalue weighted by Crippen LogP contribution is -2.37. The van der Waals surface area contributed by atoms with Gasteiger partial charge in [-0.25, -0.2) is 0 Å². The number of benzene rings is 2. The van der Waals surface area contributed by atoms with Crippen LogP contribution in [0.25, 0.3) is 0 Å². The van der Waals surface area contributed by atoms with Crippen LogP contribution in [0.1, 0.15) is 46.0 Å². The molecule has 1 aliphatic heterocycles. The van der Waals surface area contributed by atoms with Crippen LogP contribution in [0.4, 0.5) is 5.69 Å². The first kappa shape index (κ1) is 18.6. The Labute approximate surface area is 166 Å². The standard InChI is InChI=1S/C22H18N2O5/c1-3-29-22-12(2)23-19-18(17(22)13-8-10-14(11-9-13)24(27)28)20(25)15-6-4-5-7-16(15)21(19)26/h4-11,17,23H,3H2,1-2H3. The van der Waals surface area contributed by atoms with Gasteiger partial charge < -0.3 is 10.1 Å². The van der Waals surface area contributed by atoms with Gasteiger partial charge in [-0.3, -0.25) is 19.7 Å². The van der Waals surface area contributed by atoms with Crippen molar-refractivity contribution in [1.82, 2.24) is 5.32 Å². The highest BCUT2D eigenvalue weighted by Crippen LogP contribution is 2.43. The first-order valence-corrected chi connectivity index (χ1v) is 9.21. The zero-order valence-corrected chi connectivity index (χ0v) is 15.9. The molecule has 0 amide bonds. The molecule has 0 fully saturated rings. The van der Waals surface area contributed by atoms with Gasteiger partial charge in [-0.2, -0.15) is 0 Å². The van der Waals surface area contributed by atoms with Gasteiger partial charge in [-0.05, 0) is 19.4 Å². The summed E-state index contributed by atoms with van der Waals surface area (Å²) in [5.74, 6) is -0.606. The smallest absolute Gasteiger partial charge is 0.269 e. The minimum atomic E-state index is -0.628. The molecule has 2 aromatic rings. The Kier molecular flexibility index (Phi) is 4.50. The number of nitro benzene ring substituents is 1. The van der Waals surface area contributed by atoms with Crippen molar-refractivity contribution in [1.29, 1.82) is 0 Å². The minimum absolute atomic E-state index is 0.0491. The highest BCUT2D eigenvalue weighted by atomic mass is 16.6. The molecule has 2 aliphatic rings. The van der Waals surface area contributed by atoms with E-state index in [-0.39, 0.29) is 23.0 Å². The third-order valence-electron chi connectivity index (χ3n) is 5.13. The highest BCUT2D eigenvalue weighted by molar-refractivity contribution is 6.27. The van der Waals surface area contributed by atoms with E-state index in [2.05, 4.69) is 5.32 Å². The number of non-ortho nitro benzene ring substituents is 1. The van der Waals surface area contributed by atoms with Gasteiger partial charge in [0.25, 0.3) is 5.69 Å². The maximum atomic E-state index is 13.4. The van der Waals surface area contributed by atoms with Crippen LogP contribution in [-0.2, 0) is 4.74 Å². The van der Waals surface area contributed by atoms with Crippen LogP contribution in [0.15, 0.2) is 71.3 Å². The van der Waals surface area contributed by atoms with Crippen LogP contribution in [0.2, 0.25) is 0 Å². The number of rotatable bonds is 4. The molecule has 0 saturated heterocycles. The van der Waals surface area contributed by atoms with Gasteiger partial charge in [0.15, 0.2) is 5.78 Å². The van der Waals surface area contributed by atoms with Crippen LogP contribution in [0.5, 0.6) is 0 Å². The number of carbonyl (C=O) groups is 2. The van der Waals surface area contributed by atoms with E-state index >= 15 is 0 Å². The lowest BCUT2D eigenvalue weighted by molar-refractivity contribution is -0.384. The fourth-order valence-electron chi connectivity index (χ4n) is 3.84. The Morgan fingerprint density at radius 2 is 1.66 bits per heavy atom. The van der Waals surface area contributed by atoms with E-state index in [9.17, 15) is 19.7 Å². The number of hydrogen-bond donors (Lipinski definition) is 1. The fourth-order valence-corrected chi connectivity index (χ4v) is 3.84. The lowest BCUT2D eigenvalue weighted by Gasteiger charge is -2.34. The fraction of sp³-hybridized carbons (Fsp3) is 0.182. The van der Waals surface area contributed by atoms with E-state index in [4.69, 9.17) is 4.74 Å². The van der Waals surface area contributed by atoms with E-state index < -0.39 is 10.8 Å². The SMILES string of the molecule is CCOC1=C(C)NC2=C(C(=O)c3ccccc3C2=O)C1c1ccc([N+](=O)[O-])cc1. The largest absolute Gasteiger partial charge is 0.495 e. The first-order valence-electron chi connectivity index (χ1n) is 9.21. The second kappa shape index (κ2) is 7.01. The van der Waals surface area contributed by atoms with Gasteiger partial charge in [0.05, 0.1) is 28.8 Å². The predicted octanol–water partition coefficient (Wildman–Crippen LogP) is 3.88. The molecule has 29 heavy (non-hydrogen) atoms. The summed E-state index contributed by atoms with van der Waals surface area (Å²) in [7, 11) is 0. The number of ether oxygens (including phenoxy) is 1. The Balaban J connectivity index is 1.91. The van der Waals surface area contributed by atoms with Crippen LogP contribution in [-0.4, -0.2) is 23.1 Å². The summed E-state index contributed by atoms with van der Waals surface area (Å²) in [4.78, 5) is 37.0. The lowest BCUT2D eigenvalue weighted by atomic mass is 9.76. The number of nitro groups is 1. The van der Waals surface area contributed by atoms with E-state index in [1.54, 1.807) is 43.3 Å². The first-order chi connectivity index (χ1) is 13.9. The van der Waals surface area contributed by atoms with Crippen molar-refractivity contribution in [3.63, 3.8) is 0 Å². The summed E-state index contributed by atoms with van der Waals surface area (Å²) in [5.41, 5.74) is 2.48. The van der Waals surface area contributed by atoms with Crippen molar-refractivity contribution in [3.8, 4) is 0 Å². The molecule has 1 aliphatic carbocycles. The third-order valence-corrected chi connectivity index (χ3v) is 5.13. The second-order valence-electron chi connectivity index (χ2n) is 6.82. The zero-order valence-electron chi connectivity index (χ0n) is 15.9. The minimum Gasteiger partial charge on any atom is -0.495 e. The molecule has 7 heteroatoms. The van der Waals surface area contributed by atoms with Crippen LogP contribution in [0.3, 0.4) is 0 Å². The van der Waals surface area contributed by atoms with Crippen molar-refractivity contribution in [3.05, 3.63) is 98.1 Å². The number of fused-ring (bicyclic) bond motifs is 1. The summed E-state index contributed by atoms with van der Waals surface area (Å²) in [6, 6.07) is 12.7. The van der Waals surface area contributed by atoms with Gasteiger partial charge in [0, 0.05) is 28.8 Å². The summed E-state index contributed by atoms with van der Waals surface area (Å²) in [5, 5.41) is 14.1. The van der Waals surface area contributed by atoms with Crippen LogP contribution in [0, 0.1) is 10.1 Å². The molecule has 1 unspecified atom stereocenters. The number of nitrogens with one attached hydrogen (secondary N) is 1. The number of dihydropyridines is 1. The topological polar surface area (TPSA) is 98.5 Å². The van der Waals surface area contributed by atoms with Gasteiger partial charge in [0.2, 0.25) is 5.78 Å². The Morgan fingerprint density at radius 1 is 1.03 bits per heavy atom. The second-order valence-corrected chi connectivity index (χ2v) is 6.82. The van der Waals surface area contributed by atoms with Crippen molar-refractivity contribution in [2.45, 2.75) is 19.8 Å². The van der Waals surface area contributed by atoms with Gasteiger partial charge >= 0.3 is 0 Å². The molecule has 0 aromatic heterocycles. The van der Waals surface area contributed by atoms with Gasteiger partial charge in [0.1, 0.15) is 5.76 Å². The number of carbonyl (C=O) groups excluding carboxylic acids is 2. The molecule has 146 valence electrons. The molecule has 0 radical (unpaired) electrons. The summed E-state index contributed by atoms with van der Waals surface area (Å²) in [6.45, 7) is 3.99. The predicted molar refractivity (Wildman–Crippen MR) is 105 cm³/mol. The third kappa shape index (κ3) is 2.91. The monoisotopic (exact) mass is 390 g/mol. The van der Waals surface area contributed by atoms with Crippen LogP contribution >= 0.6 is 0 Å².